The highest BCUT2D eigenvalue weighted by Gasteiger charge is 2.14. The molecule has 0 aliphatic rings. The molecule has 1 rings (SSSR count). The Balaban J connectivity index is 3.11. The van der Waals surface area contributed by atoms with Crippen molar-refractivity contribution in [3.63, 3.8) is 0 Å². The van der Waals surface area contributed by atoms with Crippen LogP contribution in [0.5, 0.6) is 5.75 Å². The number of hydroxylamine groups is 1. The Morgan fingerprint density at radius 1 is 1.33 bits per heavy atom. The molecule has 0 radical (unpaired) electrons. The molecule has 0 aliphatic heterocycles. The summed E-state index contributed by atoms with van der Waals surface area (Å²) in [6.07, 6.45) is -0.109. The third-order valence-electron chi connectivity index (χ3n) is 2.01. The molecule has 3 N–H and O–H groups in total. The van der Waals surface area contributed by atoms with E-state index in [0.29, 0.717) is 11.4 Å². The molecule has 0 aliphatic carbocycles. The van der Waals surface area contributed by atoms with E-state index in [1.165, 1.54) is 13.0 Å². The summed E-state index contributed by atoms with van der Waals surface area (Å²) in [4.78, 5) is 22.4. The Labute approximate surface area is 105 Å². The molecule has 1 aromatic carbocycles. The first kappa shape index (κ1) is 14.0. The van der Waals surface area contributed by atoms with Crippen molar-refractivity contribution in [2.24, 2.45) is 0 Å². The molecule has 0 saturated carbocycles. The van der Waals surface area contributed by atoms with Gasteiger partial charge >= 0.3 is 0 Å². The van der Waals surface area contributed by atoms with Crippen LogP contribution in [0.3, 0.4) is 0 Å². The van der Waals surface area contributed by atoms with Gasteiger partial charge in [-0.25, -0.2) is 5.48 Å². The molecule has 0 unspecified atom stereocenters. The molecule has 1 aromatic rings. The van der Waals surface area contributed by atoms with E-state index in [4.69, 9.17) is 9.94 Å². The molecule has 0 saturated heterocycles. The fraction of sp³-hybridized carbons (Fsp3) is 0.333. The van der Waals surface area contributed by atoms with Crippen molar-refractivity contribution in [1.82, 2.24) is 5.48 Å². The quantitative estimate of drug-likeness (QED) is 0.560. The lowest BCUT2D eigenvalue weighted by Crippen LogP contribution is -2.21. The minimum Gasteiger partial charge on any atom is -0.490 e. The summed E-state index contributed by atoms with van der Waals surface area (Å²) in [6, 6.07) is 4.62. The van der Waals surface area contributed by atoms with Gasteiger partial charge in [0.25, 0.3) is 5.91 Å². The molecule has 6 nitrogen and oxygen atoms in total. The molecule has 98 valence electrons. The Bertz CT molecular complexity index is 457. The predicted molar refractivity (Wildman–Crippen MR) is 65.8 cm³/mol. The van der Waals surface area contributed by atoms with Gasteiger partial charge in [-0.05, 0) is 32.0 Å². The van der Waals surface area contributed by atoms with Gasteiger partial charge in [-0.1, -0.05) is 0 Å². The van der Waals surface area contributed by atoms with Gasteiger partial charge in [0.15, 0.2) is 0 Å². The maximum Gasteiger partial charge on any atom is 0.278 e. The number of carbonyl (C=O) groups is 2. The number of anilines is 1. The summed E-state index contributed by atoms with van der Waals surface area (Å²) in [7, 11) is 0. The number of hydrogen-bond acceptors (Lipinski definition) is 4. The lowest BCUT2D eigenvalue weighted by molar-refractivity contribution is -0.114. The van der Waals surface area contributed by atoms with Crippen molar-refractivity contribution >= 4 is 17.5 Å². The van der Waals surface area contributed by atoms with Crippen LogP contribution in [0.4, 0.5) is 5.69 Å². The molecule has 18 heavy (non-hydrogen) atoms. The average Bonchev–Trinajstić information content (AvgIpc) is 2.28. The SMILES string of the molecule is CC(=O)Nc1ccc(OC(C)C)c(C(=O)NO)c1. The van der Waals surface area contributed by atoms with Crippen LogP contribution in [0.1, 0.15) is 31.1 Å². The van der Waals surface area contributed by atoms with E-state index >= 15 is 0 Å². The normalized spacial score (nSPS) is 10.1. The molecule has 0 aromatic heterocycles. The van der Waals surface area contributed by atoms with Crippen molar-refractivity contribution < 1.29 is 19.5 Å². The monoisotopic (exact) mass is 252 g/mol. The first-order valence-corrected chi connectivity index (χ1v) is 5.46. The van der Waals surface area contributed by atoms with E-state index in [9.17, 15) is 9.59 Å². The summed E-state index contributed by atoms with van der Waals surface area (Å²) in [5.74, 6) is -0.605. The predicted octanol–water partition coefficient (Wildman–Crippen LogP) is 1.55. The minimum absolute atomic E-state index is 0.109. The van der Waals surface area contributed by atoms with E-state index in [2.05, 4.69) is 5.32 Å². The molecular formula is C12H16N2O4. The molecule has 0 atom stereocenters. The Morgan fingerprint density at radius 3 is 2.50 bits per heavy atom. The van der Waals surface area contributed by atoms with Crippen molar-refractivity contribution in [2.45, 2.75) is 26.9 Å². The van der Waals surface area contributed by atoms with Gasteiger partial charge in [-0.15, -0.1) is 0 Å². The van der Waals surface area contributed by atoms with Crippen LogP contribution in [0, 0.1) is 0 Å². The number of amides is 2. The lowest BCUT2D eigenvalue weighted by atomic mass is 10.1. The average molecular weight is 252 g/mol. The Morgan fingerprint density at radius 2 is 2.00 bits per heavy atom. The third-order valence-corrected chi connectivity index (χ3v) is 2.01. The second-order valence-corrected chi connectivity index (χ2v) is 4.00. The van der Waals surface area contributed by atoms with Crippen molar-refractivity contribution in [3.8, 4) is 5.75 Å². The van der Waals surface area contributed by atoms with Gasteiger partial charge in [-0.3, -0.25) is 14.8 Å². The Hall–Kier alpha value is -2.08. The fourth-order valence-corrected chi connectivity index (χ4v) is 1.41. The molecule has 2 amide bonds. The third kappa shape index (κ3) is 3.74. The van der Waals surface area contributed by atoms with Crippen molar-refractivity contribution in [1.29, 1.82) is 0 Å². The van der Waals surface area contributed by atoms with E-state index in [1.54, 1.807) is 17.6 Å². The zero-order chi connectivity index (χ0) is 13.7. The second kappa shape index (κ2) is 6.02. The van der Waals surface area contributed by atoms with Crippen LogP contribution in [-0.4, -0.2) is 23.1 Å². The van der Waals surface area contributed by atoms with E-state index in [-0.39, 0.29) is 17.6 Å². The van der Waals surface area contributed by atoms with Crippen LogP contribution in [0.2, 0.25) is 0 Å². The van der Waals surface area contributed by atoms with Crippen LogP contribution >= 0.6 is 0 Å². The van der Waals surface area contributed by atoms with Crippen LogP contribution < -0.4 is 15.5 Å². The second-order valence-electron chi connectivity index (χ2n) is 4.00. The smallest absolute Gasteiger partial charge is 0.278 e. The highest BCUT2D eigenvalue weighted by Crippen LogP contribution is 2.24. The summed E-state index contributed by atoms with van der Waals surface area (Å²) in [5, 5.41) is 11.2. The zero-order valence-corrected chi connectivity index (χ0v) is 10.5. The van der Waals surface area contributed by atoms with Gasteiger partial charge in [-0.2, -0.15) is 0 Å². The molecule has 0 fully saturated rings. The lowest BCUT2D eigenvalue weighted by Gasteiger charge is -2.14. The summed E-state index contributed by atoms with van der Waals surface area (Å²) in [6.45, 7) is 5.01. The topological polar surface area (TPSA) is 87.7 Å². The maximum atomic E-state index is 11.5. The largest absolute Gasteiger partial charge is 0.490 e. The first-order chi connectivity index (χ1) is 8.43. The van der Waals surface area contributed by atoms with E-state index in [1.807, 2.05) is 13.8 Å². The molecule has 6 heteroatoms. The van der Waals surface area contributed by atoms with Crippen molar-refractivity contribution in [3.05, 3.63) is 23.8 Å². The number of hydrogen-bond donors (Lipinski definition) is 3. The zero-order valence-electron chi connectivity index (χ0n) is 10.5. The minimum atomic E-state index is -0.696. The Kier molecular flexibility index (Phi) is 4.67. The number of rotatable bonds is 4. The van der Waals surface area contributed by atoms with Crippen LogP contribution in [0.15, 0.2) is 18.2 Å². The molecular weight excluding hydrogens is 236 g/mol. The highest BCUT2D eigenvalue weighted by atomic mass is 16.5. The van der Waals surface area contributed by atoms with E-state index < -0.39 is 5.91 Å². The van der Waals surface area contributed by atoms with E-state index in [0.717, 1.165) is 0 Å². The van der Waals surface area contributed by atoms with Gasteiger partial charge in [0.1, 0.15) is 5.75 Å². The van der Waals surface area contributed by atoms with Gasteiger partial charge < -0.3 is 10.1 Å². The first-order valence-electron chi connectivity index (χ1n) is 5.46. The van der Waals surface area contributed by atoms with Gasteiger partial charge in [0.05, 0.1) is 11.7 Å². The number of nitrogens with one attached hydrogen (secondary N) is 2. The molecule has 0 heterocycles. The van der Waals surface area contributed by atoms with Crippen molar-refractivity contribution in [2.75, 3.05) is 5.32 Å². The fourth-order valence-electron chi connectivity index (χ4n) is 1.41. The summed E-state index contributed by atoms with van der Waals surface area (Å²) in [5.41, 5.74) is 2.15. The van der Waals surface area contributed by atoms with Crippen LogP contribution in [-0.2, 0) is 4.79 Å². The van der Waals surface area contributed by atoms with Crippen LogP contribution in [0.25, 0.3) is 0 Å². The molecule has 0 bridgehead atoms. The maximum absolute atomic E-state index is 11.5. The summed E-state index contributed by atoms with van der Waals surface area (Å²) < 4.78 is 5.44. The molecule has 0 spiro atoms. The number of carbonyl (C=O) groups excluding carboxylic acids is 2. The number of ether oxygens (including phenoxy) is 1. The van der Waals surface area contributed by atoms with Gasteiger partial charge in [0.2, 0.25) is 5.91 Å². The highest BCUT2D eigenvalue weighted by molar-refractivity contribution is 5.98. The standard InChI is InChI=1S/C12H16N2O4/c1-7(2)18-11-5-4-9(13-8(3)15)6-10(11)12(16)14-17/h4-7,17H,1-3H3,(H,13,15)(H,14,16). The van der Waals surface area contributed by atoms with Gasteiger partial charge in [0, 0.05) is 12.6 Å². The number of benzene rings is 1. The summed E-state index contributed by atoms with van der Waals surface area (Å²) >= 11 is 0.